The van der Waals surface area contributed by atoms with Gasteiger partial charge in [-0.05, 0) is 38.7 Å². The number of hydrogen-bond acceptors (Lipinski definition) is 7. The van der Waals surface area contributed by atoms with E-state index in [2.05, 4.69) is 28.3 Å². The normalized spacial score (nSPS) is 22.6. The van der Waals surface area contributed by atoms with Crippen LogP contribution in [0.3, 0.4) is 0 Å². The Labute approximate surface area is 161 Å². The van der Waals surface area contributed by atoms with Crippen molar-refractivity contribution in [3.63, 3.8) is 0 Å². The highest BCUT2D eigenvalue weighted by Gasteiger charge is 2.39. The topological polar surface area (TPSA) is 73.3 Å². The molecule has 6 nitrogen and oxygen atoms in total. The number of nitrogens with one attached hydrogen (secondary N) is 1. The Morgan fingerprint density at radius 2 is 2.23 bits per heavy atom. The summed E-state index contributed by atoms with van der Waals surface area (Å²) in [5.74, 6) is 0.428. The van der Waals surface area contributed by atoms with Crippen molar-refractivity contribution in [3.8, 4) is 0 Å². The predicted octanol–water partition coefficient (Wildman–Crippen LogP) is 2.94. The maximum Gasteiger partial charge on any atom is 0.230 e. The summed E-state index contributed by atoms with van der Waals surface area (Å²) in [6.45, 7) is 4.27. The van der Waals surface area contributed by atoms with Gasteiger partial charge in [0.05, 0.1) is 11.4 Å². The highest BCUT2D eigenvalue weighted by Crippen LogP contribution is 2.34. The number of carbonyl (C=O) groups is 1. The molecule has 2 aliphatic heterocycles. The van der Waals surface area contributed by atoms with Crippen molar-refractivity contribution in [1.82, 2.24) is 15.3 Å². The van der Waals surface area contributed by atoms with Crippen molar-refractivity contribution >= 4 is 39.2 Å². The number of amides is 1. The van der Waals surface area contributed by atoms with Gasteiger partial charge < -0.3 is 14.8 Å². The number of thiophene rings is 1. The molecular formula is C18H23N3O3S2. The molecule has 0 radical (unpaired) electrons. The lowest BCUT2D eigenvalue weighted by atomic mass is 9.84. The lowest BCUT2D eigenvalue weighted by Crippen LogP contribution is -2.51. The summed E-state index contributed by atoms with van der Waals surface area (Å²) in [5, 5.41) is 5.11. The second kappa shape index (κ2) is 7.80. The summed E-state index contributed by atoms with van der Waals surface area (Å²) in [6, 6.07) is 2.27. The lowest BCUT2D eigenvalue weighted by molar-refractivity contribution is -0.143. The van der Waals surface area contributed by atoms with Crippen LogP contribution < -0.4 is 5.32 Å². The van der Waals surface area contributed by atoms with Crippen LogP contribution in [0.4, 0.5) is 0 Å². The Kier molecular flexibility index (Phi) is 5.45. The zero-order chi connectivity index (χ0) is 18.0. The van der Waals surface area contributed by atoms with Crippen LogP contribution in [0.25, 0.3) is 10.2 Å². The molecule has 4 heterocycles. The van der Waals surface area contributed by atoms with E-state index >= 15 is 0 Å². The highest BCUT2D eigenvalue weighted by molar-refractivity contribution is 8.00. The number of aryl methyl sites for hydroxylation is 1. The fourth-order valence-electron chi connectivity index (χ4n) is 3.72. The van der Waals surface area contributed by atoms with Gasteiger partial charge in [0, 0.05) is 36.1 Å². The van der Waals surface area contributed by atoms with Crippen LogP contribution in [0.1, 0.15) is 30.6 Å². The standard InChI is InChI=1S/C18H23N3O3S2/c1-12-8-14-16(19-11-20-17(14)26-12)25-10-15(22)21-13-2-5-24-18(9-13)3-6-23-7-4-18/h8,11,13H,2-7,9-10H2,1H3,(H,21,22). The van der Waals surface area contributed by atoms with Gasteiger partial charge in [-0.25, -0.2) is 9.97 Å². The Balaban J connectivity index is 1.33. The van der Waals surface area contributed by atoms with Crippen LogP contribution in [-0.2, 0) is 14.3 Å². The molecule has 0 aliphatic carbocycles. The molecule has 0 saturated carbocycles. The Morgan fingerprint density at radius 1 is 1.38 bits per heavy atom. The minimum absolute atomic E-state index is 0.0582. The number of hydrogen-bond donors (Lipinski definition) is 1. The molecule has 1 atom stereocenters. The van der Waals surface area contributed by atoms with Crippen LogP contribution in [0, 0.1) is 6.92 Å². The summed E-state index contributed by atoms with van der Waals surface area (Å²) >= 11 is 3.13. The molecule has 2 fully saturated rings. The van der Waals surface area contributed by atoms with Crippen molar-refractivity contribution < 1.29 is 14.3 Å². The maximum atomic E-state index is 12.5. The Hall–Kier alpha value is -1.22. The van der Waals surface area contributed by atoms with Crippen LogP contribution in [0.5, 0.6) is 0 Å². The van der Waals surface area contributed by atoms with Gasteiger partial charge in [0.1, 0.15) is 16.2 Å². The van der Waals surface area contributed by atoms with Crippen molar-refractivity contribution in [1.29, 1.82) is 0 Å². The van der Waals surface area contributed by atoms with Gasteiger partial charge in [0.15, 0.2) is 0 Å². The van der Waals surface area contributed by atoms with Crippen molar-refractivity contribution in [3.05, 3.63) is 17.3 Å². The molecule has 1 unspecified atom stereocenters. The molecule has 2 aromatic rings. The first-order valence-corrected chi connectivity index (χ1v) is 10.8. The first kappa shape index (κ1) is 18.2. The minimum Gasteiger partial charge on any atom is -0.381 e. The van der Waals surface area contributed by atoms with E-state index in [9.17, 15) is 4.79 Å². The second-order valence-electron chi connectivity index (χ2n) is 6.94. The van der Waals surface area contributed by atoms with Crippen molar-refractivity contribution in [2.24, 2.45) is 0 Å². The monoisotopic (exact) mass is 393 g/mol. The summed E-state index contributed by atoms with van der Waals surface area (Å²) in [7, 11) is 0. The molecule has 1 amide bonds. The largest absolute Gasteiger partial charge is 0.381 e. The SMILES string of the molecule is Cc1cc2c(SCC(=O)NC3CCOC4(CCOCC4)C3)ncnc2s1. The molecule has 0 bridgehead atoms. The van der Waals surface area contributed by atoms with E-state index in [4.69, 9.17) is 9.47 Å². The lowest BCUT2D eigenvalue weighted by Gasteiger charge is -2.43. The first-order chi connectivity index (χ1) is 12.6. The Bertz CT molecular complexity index is 784. The van der Waals surface area contributed by atoms with Gasteiger partial charge in [-0.2, -0.15) is 0 Å². The third-order valence-electron chi connectivity index (χ3n) is 5.02. The van der Waals surface area contributed by atoms with Gasteiger partial charge in [-0.15, -0.1) is 11.3 Å². The zero-order valence-corrected chi connectivity index (χ0v) is 16.5. The third-order valence-corrected chi connectivity index (χ3v) is 6.98. The van der Waals surface area contributed by atoms with Crippen LogP contribution in [0.15, 0.2) is 17.4 Å². The molecular weight excluding hydrogens is 370 g/mol. The third kappa shape index (κ3) is 4.03. The van der Waals surface area contributed by atoms with Crippen LogP contribution in [0.2, 0.25) is 0 Å². The average molecular weight is 394 g/mol. The van der Waals surface area contributed by atoms with Crippen molar-refractivity contribution in [2.75, 3.05) is 25.6 Å². The van der Waals surface area contributed by atoms with Gasteiger partial charge in [0.2, 0.25) is 5.91 Å². The highest BCUT2D eigenvalue weighted by atomic mass is 32.2. The number of nitrogens with zero attached hydrogens (tertiary/aromatic N) is 2. The van der Waals surface area contributed by atoms with Gasteiger partial charge >= 0.3 is 0 Å². The van der Waals surface area contributed by atoms with E-state index in [0.29, 0.717) is 12.4 Å². The Morgan fingerprint density at radius 3 is 3.08 bits per heavy atom. The number of ether oxygens (including phenoxy) is 2. The number of carbonyl (C=O) groups excluding carboxylic acids is 1. The fourth-order valence-corrected chi connectivity index (χ4v) is 5.41. The minimum atomic E-state index is -0.103. The van der Waals surface area contributed by atoms with Gasteiger partial charge in [-0.3, -0.25) is 4.79 Å². The average Bonchev–Trinajstić information content (AvgIpc) is 3.01. The van der Waals surface area contributed by atoms with Crippen molar-refractivity contribution in [2.45, 2.75) is 49.3 Å². The second-order valence-corrected chi connectivity index (χ2v) is 9.14. The smallest absolute Gasteiger partial charge is 0.230 e. The summed E-state index contributed by atoms with van der Waals surface area (Å²) in [5.41, 5.74) is -0.103. The number of rotatable bonds is 4. The molecule has 26 heavy (non-hydrogen) atoms. The van der Waals surface area contributed by atoms with E-state index in [1.807, 2.05) is 0 Å². The molecule has 8 heteroatoms. The molecule has 0 aromatic carbocycles. The van der Waals surface area contributed by atoms with Gasteiger partial charge in [0.25, 0.3) is 0 Å². The van der Waals surface area contributed by atoms with E-state index < -0.39 is 0 Å². The molecule has 2 saturated heterocycles. The summed E-state index contributed by atoms with van der Waals surface area (Å²) in [6.07, 6.45) is 5.18. The molecule has 4 rings (SSSR count). The predicted molar refractivity (Wildman–Crippen MR) is 103 cm³/mol. The fraction of sp³-hybridized carbons (Fsp3) is 0.611. The quantitative estimate of drug-likeness (QED) is 0.636. The number of fused-ring (bicyclic) bond motifs is 1. The molecule has 140 valence electrons. The van der Waals surface area contributed by atoms with Crippen LogP contribution in [-0.4, -0.2) is 53.1 Å². The zero-order valence-electron chi connectivity index (χ0n) is 14.8. The summed E-state index contributed by atoms with van der Waals surface area (Å²) < 4.78 is 11.5. The van der Waals surface area contributed by atoms with E-state index in [1.54, 1.807) is 17.7 Å². The molecule has 1 N–H and O–H groups in total. The van der Waals surface area contributed by atoms with Gasteiger partial charge in [-0.1, -0.05) is 11.8 Å². The molecule has 2 aromatic heterocycles. The number of aromatic nitrogens is 2. The summed E-state index contributed by atoms with van der Waals surface area (Å²) in [4.78, 5) is 23.3. The first-order valence-electron chi connectivity index (χ1n) is 8.99. The van der Waals surface area contributed by atoms with E-state index in [1.165, 1.54) is 16.6 Å². The van der Waals surface area contributed by atoms with E-state index in [0.717, 1.165) is 54.1 Å². The number of thioether (sulfide) groups is 1. The van der Waals surface area contributed by atoms with E-state index in [-0.39, 0.29) is 17.6 Å². The maximum absolute atomic E-state index is 12.5. The molecule has 1 spiro atoms. The van der Waals surface area contributed by atoms with Crippen LogP contribution >= 0.6 is 23.1 Å². The molecule has 2 aliphatic rings.